The standard InChI is InChI=1S/C16H23NO8/c1-9(18)22-8-13-15(24-11(3)20)14(23-10(2)19)12(6-5-7-17)16(21-4)25-13/h12-16H,5-6,8H2,1-4H3/t12-,13+,14+,15-,16-/m0/s1. The fraction of sp³-hybridized carbons (Fsp3) is 0.750. The van der Waals surface area contributed by atoms with Crippen molar-refractivity contribution in [3.63, 3.8) is 0 Å². The zero-order valence-corrected chi connectivity index (χ0v) is 14.7. The number of methoxy groups -OCH3 is 1. The summed E-state index contributed by atoms with van der Waals surface area (Å²) in [6.07, 6.45) is -3.09. The van der Waals surface area contributed by atoms with Crippen LogP contribution in [-0.4, -0.2) is 56.2 Å². The molecular weight excluding hydrogens is 334 g/mol. The Labute approximate surface area is 146 Å². The van der Waals surface area contributed by atoms with Gasteiger partial charge in [-0.2, -0.15) is 5.26 Å². The molecule has 25 heavy (non-hydrogen) atoms. The van der Waals surface area contributed by atoms with E-state index in [-0.39, 0.29) is 13.0 Å². The molecule has 0 aromatic heterocycles. The summed E-state index contributed by atoms with van der Waals surface area (Å²) in [5, 5.41) is 8.85. The first-order valence-electron chi connectivity index (χ1n) is 7.83. The molecule has 1 saturated heterocycles. The lowest BCUT2D eigenvalue weighted by molar-refractivity contribution is -0.286. The van der Waals surface area contributed by atoms with Crippen LogP contribution in [0.4, 0.5) is 0 Å². The zero-order chi connectivity index (χ0) is 19.0. The molecule has 1 heterocycles. The van der Waals surface area contributed by atoms with Crippen molar-refractivity contribution >= 4 is 17.9 Å². The van der Waals surface area contributed by atoms with Gasteiger partial charge in [-0.1, -0.05) is 0 Å². The fourth-order valence-corrected chi connectivity index (χ4v) is 2.74. The molecule has 0 aromatic carbocycles. The van der Waals surface area contributed by atoms with E-state index in [0.29, 0.717) is 6.42 Å². The molecule has 5 atom stereocenters. The average Bonchev–Trinajstić information content (AvgIpc) is 2.52. The Balaban J connectivity index is 3.14. The molecule has 0 radical (unpaired) electrons. The first kappa shape index (κ1) is 20.9. The molecule has 0 N–H and O–H groups in total. The minimum absolute atomic E-state index is 0.174. The molecule has 1 aliphatic heterocycles. The molecule has 1 aliphatic rings. The molecule has 0 bridgehead atoms. The van der Waals surface area contributed by atoms with Gasteiger partial charge < -0.3 is 23.7 Å². The SMILES string of the molecule is CO[C@H]1O[C@H](COC(C)=O)[C@H](OC(C)=O)[C@H](OC(C)=O)[C@@H]1CCC#N. The third-order valence-corrected chi connectivity index (χ3v) is 3.65. The highest BCUT2D eigenvalue weighted by Gasteiger charge is 2.50. The van der Waals surface area contributed by atoms with Gasteiger partial charge >= 0.3 is 17.9 Å². The Kier molecular flexibility index (Phi) is 8.31. The van der Waals surface area contributed by atoms with E-state index in [0.717, 1.165) is 0 Å². The van der Waals surface area contributed by atoms with Gasteiger partial charge in [-0.3, -0.25) is 14.4 Å². The van der Waals surface area contributed by atoms with Crippen LogP contribution in [-0.2, 0) is 38.1 Å². The molecule has 0 aliphatic carbocycles. The second-order valence-electron chi connectivity index (χ2n) is 5.59. The molecule has 0 aromatic rings. The van der Waals surface area contributed by atoms with E-state index in [2.05, 4.69) is 0 Å². The van der Waals surface area contributed by atoms with Crippen molar-refractivity contribution in [1.29, 1.82) is 5.26 Å². The number of hydrogen-bond acceptors (Lipinski definition) is 9. The number of nitriles is 1. The Morgan fingerprint density at radius 1 is 1.04 bits per heavy atom. The molecule has 0 amide bonds. The number of rotatable bonds is 7. The first-order valence-corrected chi connectivity index (χ1v) is 7.83. The quantitative estimate of drug-likeness (QED) is 0.479. The van der Waals surface area contributed by atoms with Crippen LogP contribution >= 0.6 is 0 Å². The minimum Gasteiger partial charge on any atom is -0.463 e. The highest BCUT2D eigenvalue weighted by atomic mass is 16.7. The van der Waals surface area contributed by atoms with Gasteiger partial charge in [0.25, 0.3) is 0 Å². The van der Waals surface area contributed by atoms with E-state index in [4.69, 9.17) is 28.9 Å². The number of carbonyl (C=O) groups excluding carboxylic acids is 3. The number of hydrogen-bond donors (Lipinski definition) is 0. The van der Waals surface area contributed by atoms with Crippen LogP contribution < -0.4 is 0 Å². The topological polar surface area (TPSA) is 121 Å². The largest absolute Gasteiger partial charge is 0.463 e. The molecule has 140 valence electrons. The lowest BCUT2D eigenvalue weighted by atomic mass is 9.87. The summed E-state index contributed by atoms with van der Waals surface area (Å²) in [5.41, 5.74) is 0. The normalized spacial score (nSPS) is 28.5. The summed E-state index contributed by atoms with van der Waals surface area (Å²) in [5.74, 6) is -2.23. The number of nitrogens with zero attached hydrogens (tertiary/aromatic N) is 1. The highest BCUT2D eigenvalue weighted by molar-refractivity contribution is 5.67. The molecule has 0 unspecified atom stereocenters. The summed E-state index contributed by atoms with van der Waals surface area (Å²) >= 11 is 0. The molecule has 0 saturated carbocycles. The third-order valence-electron chi connectivity index (χ3n) is 3.65. The van der Waals surface area contributed by atoms with E-state index < -0.39 is 48.4 Å². The molecular formula is C16H23NO8. The van der Waals surface area contributed by atoms with Crippen LogP contribution in [0.1, 0.15) is 33.6 Å². The van der Waals surface area contributed by atoms with Crippen LogP contribution in [0.3, 0.4) is 0 Å². The molecule has 1 rings (SSSR count). The van der Waals surface area contributed by atoms with Gasteiger partial charge in [-0.15, -0.1) is 0 Å². The van der Waals surface area contributed by atoms with Gasteiger partial charge in [0, 0.05) is 34.3 Å². The smallest absolute Gasteiger partial charge is 0.303 e. The van der Waals surface area contributed by atoms with Crippen molar-refractivity contribution in [2.45, 2.75) is 58.2 Å². The third kappa shape index (κ3) is 6.32. The number of carbonyl (C=O) groups is 3. The predicted molar refractivity (Wildman–Crippen MR) is 81.7 cm³/mol. The predicted octanol–water partition coefficient (Wildman–Crippen LogP) is 0.704. The van der Waals surface area contributed by atoms with E-state index >= 15 is 0 Å². The van der Waals surface area contributed by atoms with Gasteiger partial charge in [0.05, 0.1) is 12.0 Å². The summed E-state index contributed by atoms with van der Waals surface area (Å²) in [6.45, 7) is 3.47. The van der Waals surface area contributed by atoms with Crippen molar-refractivity contribution in [1.82, 2.24) is 0 Å². The Bertz CT molecular complexity index is 529. The van der Waals surface area contributed by atoms with Crippen LogP contribution in [0.15, 0.2) is 0 Å². The van der Waals surface area contributed by atoms with Crippen LogP contribution in [0, 0.1) is 17.2 Å². The van der Waals surface area contributed by atoms with Gasteiger partial charge in [0.1, 0.15) is 18.8 Å². The highest BCUT2D eigenvalue weighted by Crippen LogP contribution is 2.34. The van der Waals surface area contributed by atoms with Crippen molar-refractivity contribution < 1.29 is 38.1 Å². The minimum atomic E-state index is -0.990. The van der Waals surface area contributed by atoms with Gasteiger partial charge in [-0.25, -0.2) is 0 Å². The maximum absolute atomic E-state index is 11.5. The van der Waals surface area contributed by atoms with Gasteiger partial charge in [0.15, 0.2) is 12.4 Å². The van der Waals surface area contributed by atoms with Gasteiger partial charge in [0.2, 0.25) is 0 Å². The van der Waals surface area contributed by atoms with Crippen molar-refractivity contribution in [2.24, 2.45) is 5.92 Å². The number of ether oxygens (including phenoxy) is 5. The van der Waals surface area contributed by atoms with Crippen LogP contribution in [0.25, 0.3) is 0 Å². The van der Waals surface area contributed by atoms with Crippen molar-refractivity contribution in [3.8, 4) is 6.07 Å². The monoisotopic (exact) mass is 357 g/mol. The second-order valence-corrected chi connectivity index (χ2v) is 5.59. The van der Waals surface area contributed by atoms with Crippen molar-refractivity contribution in [3.05, 3.63) is 0 Å². The van der Waals surface area contributed by atoms with Crippen LogP contribution in [0.2, 0.25) is 0 Å². The Morgan fingerprint density at radius 3 is 2.12 bits per heavy atom. The maximum atomic E-state index is 11.5. The Morgan fingerprint density at radius 2 is 1.64 bits per heavy atom. The average molecular weight is 357 g/mol. The van der Waals surface area contributed by atoms with E-state index in [9.17, 15) is 14.4 Å². The fourth-order valence-electron chi connectivity index (χ4n) is 2.74. The summed E-state index contributed by atoms with van der Waals surface area (Å²) in [4.78, 5) is 34.1. The summed E-state index contributed by atoms with van der Waals surface area (Å²) in [6, 6.07) is 2.01. The Hall–Kier alpha value is -2.18. The van der Waals surface area contributed by atoms with Crippen molar-refractivity contribution in [2.75, 3.05) is 13.7 Å². The summed E-state index contributed by atoms with van der Waals surface area (Å²) in [7, 11) is 1.41. The van der Waals surface area contributed by atoms with E-state index in [1.54, 1.807) is 0 Å². The zero-order valence-electron chi connectivity index (χ0n) is 14.7. The number of esters is 3. The van der Waals surface area contributed by atoms with E-state index in [1.165, 1.54) is 27.9 Å². The second kappa shape index (κ2) is 9.96. The van der Waals surface area contributed by atoms with Gasteiger partial charge in [-0.05, 0) is 6.42 Å². The van der Waals surface area contributed by atoms with E-state index in [1.807, 2.05) is 6.07 Å². The van der Waals surface area contributed by atoms with Crippen LogP contribution in [0.5, 0.6) is 0 Å². The first-order chi connectivity index (χ1) is 11.8. The molecule has 0 spiro atoms. The lowest BCUT2D eigenvalue weighted by Gasteiger charge is -2.44. The lowest BCUT2D eigenvalue weighted by Crippen LogP contribution is -2.59. The maximum Gasteiger partial charge on any atom is 0.303 e. The molecule has 1 fully saturated rings. The molecule has 9 heteroatoms. The summed E-state index contributed by atoms with van der Waals surface area (Å²) < 4.78 is 26.6. The molecule has 9 nitrogen and oxygen atoms in total.